The van der Waals surface area contributed by atoms with E-state index in [1.54, 1.807) is 0 Å². The highest BCUT2D eigenvalue weighted by molar-refractivity contribution is 9.10. The van der Waals surface area contributed by atoms with Crippen LogP contribution in [0.3, 0.4) is 0 Å². The Bertz CT molecular complexity index is 751. The minimum Gasteiger partial charge on any atom is -0.383 e. The Labute approximate surface area is 127 Å². The molecule has 20 heavy (non-hydrogen) atoms. The van der Waals surface area contributed by atoms with E-state index in [-0.39, 0.29) is 0 Å². The maximum atomic E-state index is 5.64. The number of pyridine rings is 1. The first-order chi connectivity index (χ1) is 9.60. The van der Waals surface area contributed by atoms with Crippen molar-refractivity contribution < 1.29 is 0 Å². The van der Waals surface area contributed by atoms with Crippen molar-refractivity contribution >= 4 is 45.0 Å². The summed E-state index contributed by atoms with van der Waals surface area (Å²) in [6, 6.07) is 5.45. The van der Waals surface area contributed by atoms with Crippen LogP contribution in [0.15, 0.2) is 40.2 Å². The van der Waals surface area contributed by atoms with Crippen LogP contribution in [0.5, 0.6) is 0 Å². The highest BCUT2D eigenvalue weighted by Crippen LogP contribution is 2.21. The fraction of sp³-hybridized carbons (Fsp3) is 0.0833. The third-order valence-electron chi connectivity index (χ3n) is 2.56. The molecule has 0 fully saturated rings. The maximum Gasteiger partial charge on any atom is 0.191 e. The van der Waals surface area contributed by atoms with E-state index in [2.05, 4.69) is 30.9 Å². The summed E-state index contributed by atoms with van der Waals surface area (Å²) < 4.78 is 2.97. The van der Waals surface area contributed by atoms with Gasteiger partial charge in [0.25, 0.3) is 0 Å². The molecule has 8 heteroatoms. The van der Waals surface area contributed by atoms with Gasteiger partial charge in [0, 0.05) is 28.7 Å². The first-order valence-corrected chi connectivity index (χ1v) is 7.54. The third kappa shape index (κ3) is 2.86. The number of imidazole rings is 1. The third-order valence-corrected chi connectivity index (χ3v) is 3.91. The van der Waals surface area contributed by atoms with E-state index in [0.29, 0.717) is 22.5 Å². The van der Waals surface area contributed by atoms with Gasteiger partial charge >= 0.3 is 0 Å². The molecule has 3 heterocycles. The van der Waals surface area contributed by atoms with Crippen molar-refractivity contribution in [3.63, 3.8) is 0 Å². The van der Waals surface area contributed by atoms with Gasteiger partial charge in [-0.15, -0.1) is 0 Å². The molecule has 0 radical (unpaired) electrons. The van der Waals surface area contributed by atoms with Crippen molar-refractivity contribution in [2.24, 2.45) is 0 Å². The average Bonchev–Trinajstić information content (AvgIpc) is 2.77. The zero-order valence-corrected chi connectivity index (χ0v) is 12.7. The monoisotopic (exact) mass is 350 g/mol. The van der Waals surface area contributed by atoms with Crippen LogP contribution in [-0.4, -0.2) is 19.4 Å². The fourth-order valence-corrected chi connectivity index (χ4v) is 2.86. The molecule has 4 N–H and O–H groups in total. The fourth-order valence-electron chi connectivity index (χ4n) is 1.75. The van der Waals surface area contributed by atoms with Gasteiger partial charge in [-0.1, -0.05) is 11.8 Å². The molecule has 0 aliphatic rings. The van der Waals surface area contributed by atoms with Gasteiger partial charge in [0.05, 0.1) is 5.69 Å². The van der Waals surface area contributed by atoms with E-state index in [1.165, 1.54) is 17.8 Å². The van der Waals surface area contributed by atoms with E-state index >= 15 is 0 Å². The topological polar surface area (TPSA) is 95.1 Å². The quantitative estimate of drug-likeness (QED) is 0.556. The van der Waals surface area contributed by atoms with Crippen molar-refractivity contribution in [3.05, 3.63) is 40.8 Å². The predicted molar refractivity (Wildman–Crippen MR) is 83.3 cm³/mol. The normalized spacial score (nSPS) is 11.1. The number of nitrogens with zero attached hydrogens (tertiary/aromatic N) is 4. The van der Waals surface area contributed by atoms with Crippen LogP contribution in [-0.2, 0) is 5.75 Å². The van der Waals surface area contributed by atoms with Gasteiger partial charge in [-0.05, 0) is 28.1 Å². The van der Waals surface area contributed by atoms with E-state index in [0.717, 1.165) is 15.8 Å². The summed E-state index contributed by atoms with van der Waals surface area (Å²) in [5.41, 5.74) is 13.1. The Morgan fingerprint density at radius 2 is 1.85 bits per heavy atom. The van der Waals surface area contributed by atoms with Gasteiger partial charge in [-0.3, -0.25) is 0 Å². The zero-order chi connectivity index (χ0) is 14.1. The molecule has 3 aromatic heterocycles. The molecule has 0 aromatic carbocycles. The van der Waals surface area contributed by atoms with Crippen LogP contribution in [0.2, 0.25) is 0 Å². The molecule has 3 rings (SSSR count). The van der Waals surface area contributed by atoms with Gasteiger partial charge in [0.1, 0.15) is 17.3 Å². The summed E-state index contributed by atoms with van der Waals surface area (Å²) >= 11 is 4.88. The number of thioether (sulfide) groups is 1. The largest absolute Gasteiger partial charge is 0.383 e. The Balaban J connectivity index is 1.79. The zero-order valence-electron chi connectivity index (χ0n) is 10.3. The smallest absolute Gasteiger partial charge is 0.191 e. The van der Waals surface area contributed by atoms with Crippen LogP contribution in [0.25, 0.3) is 5.65 Å². The molecule has 0 aliphatic heterocycles. The maximum absolute atomic E-state index is 5.64. The Hall–Kier alpha value is -1.80. The van der Waals surface area contributed by atoms with Gasteiger partial charge in [-0.2, -0.15) is 0 Å². The van der Waals surface area contributed by atoms with Crippen molar-refractivity contribution in [1.29, 1.82) is 0 Å². The number of rotatable bonds is 3. The summed E-state index contributed by atoms with van der Waals surface area (Å²) in [4.78, 5) is 12.8. The molecular weight excluding hydrogens is 340 g/mol. The molecule has 0 saturated carbocycles. The lowest BCUT2D eigenvalue weighted by atomic mass is 10.5. The van der Waals surface area contributed by atoms with Gasteiger partial charge in [0.2, 0.25) is 0 Å². The number of hydrogen-bond acceptors (Lipinski definition) is 6. The highest BCUT2D eigenvalue weighted by atomic mass is 79.9. The lowest BCUT2D eigenvalue weighted by Gasteiger charge is -2.00. The van der Waals surface area contributed by atoms with Crippen LogP contribution < -0.4 is 11.5 Å². The van der Waals surface area contributed by atoms with Crippen LogP contribution in [0, 0.1) is 0 Å². The van der Waals surface area contributed by atoms with E-state index in [1.807, 2.05) is 28.9 Å². The van der Waals surface area contributed by atoms with E-state index < -0.39 is 0 Å². The number of hydrogen-bond donors (Lipinski definition) is 2. The lowest BCUT2D eigenvalue weighted by Crippen LogP contribution is -1.99. The van der Waals surface area contributed by atoms with Crippen LogP contribution >= 0.6 is 27.7 Å². The average molecular weight is 351 g/mol. The predicted octanol–water partition coefficient (Wildman–Crippen LogP) is 2.34. The van der Waals surface area contributed by atoms with Crippen molar-refractivity contribution in [2.45, 2.75) is 10.9 Å². The molecule has 0 unspecified atom stereocenters. The van der Waals surface area contributed by atoms with Crippen molar-refractivity contribution in [1.82, 2.24) is 19.4 Å². The summed E-state index contributed by atoms with van der Waals surface area (Å²) in [5.74, 6) is 1.40. The van der Waals surface area contributed by atoms with Crippen molar-refractivity contribution in [2.75, 3.05) is 11.5 Å². The minimum absolute atomic E-state index is 0.374. The summed E-state index contributed by atoms with van der Waals surface area (Å²) in [6.45, 7) is 0. The van der Waals surface area contributed by atoms with E-state index in [4.69, 9.17) is 11.5 Å². The summed E-state index contributed by atoms with van der Waals surface area (Å²) in [6.07, 6.45) is 3.94. The Kier molecular flexibility index (Phi) is 3.49. The summed E-state index contributed by atoms with van der Waals surface area (Å²) in [5, 5.41) is 0.556. The molecule has 0 atom stereocenters. The molecule has 6 nitrogen and oxygen atoms in total. The lowest BCUT2D eigenvalue weighted by molar-refractivity contribution is 0.982. The van der Waals surface area contributed by atoms with E-state index in [9.17, 15) is 0 Å². The standard InChI is InChI=1S/C12H11BrN6S/c13-7-1-2-11-16-8(5-19(11)4-7)6-20-12-17-9(14)3-10(15)18-12/h1-5H,6H2,(H4,14,15,17,18). The van der Waals surface area contributed by atoms with Gasteiger partial charge in [-0.25, -0.2) is 15.0 Å². The second-order valence-corrected chi connectivity index (χ2v) is 5.99. The molecular formula is C12H11BrN6S. The second-order valence-electron chi connectivity index (χ2n) is 4.13. The first kappa shape index (κ1) is 13.2. The Morgan fingerprint density at radius 1 is 1.10 bits per heavy atom. The molecule has 0 amide bonds. The first-order valence-electron chi connectivity index (χ1n) is 5.76. The minimum atomic E-state index is 0.374. The van der Waals surface area contributed by atoms with Gasteiger partial charge in [0.15, 0.2) is 5.16 Å². The number of anilines is 2. The molecule has 3 aromatic rings. The SMILES string of the molecule is Nc1cc(N)nc(SCc2cn3cc(Br)ccc3n2)n1. The van der Waals surface area contributed by atoms with Crippen molar-refractivity contribution in [3.8, 4) is 0 Å². The van der Waals surface area contributed by atoms with Crippen LogP contribution in [0.4, 0.5) is 11.6 Å². The van der Waals surface area contributed by atoms with Gasteiger partial charge < -0.3 is 15.9 Å². The van der Waals surface area contributed by atoms with Crippen LogP contribution in [0.1, 0.15) is 5.69 Å². The highest BCUT2D eigenvalue weighted by Gasteiger charge is 2.06. The number of halogens is 1. The number of aromatic nitrogens is 4. The second kappa shape index (κ2) is 5.29. The molecule has 0 spiro atoms. The number of fused-ring (bicyclic) bond motifs is 1. The number of nitrogen functional groups attached to an aromatic ring is 2. The molecule has 0 saturated heterocycles. The Morgan fingerprint density at radius 3 is 2.60 bits per heavy atom. The molecule has 0 bridgehead atoms. The molecule has 102 valence electrons. The molecule has 0 aliphatic carbocycles. The summed E-state index contributed by atoms with van der Waals surface area (Å²) in [7, 11) is 0. The number of nitrogens with two attached hydrogens (primary N) is 2.